The van der Waals surface area contributed by atoms with Crippen LogP contribution in [-0.4, -0.2) is 33.7 Å². The first-order valence-electron chi connectivity index (χ1n) is 5.48. The average molecular weight is 320 g/mol. The summed E-state index contributed by atoms with van der Waals surface area (Å²) in [4.78, 5) is 30.6. The smallest absolute Gasteiger partial charge is 0.327 e. The first-order chi connectivity index (χ1) is 9.72. The van der Waals surface area contributed by atoms with Crippen LogP contribution in [0, 0.1) is 21.7 Å². The van der Waals surface area contributed by atoms with Crippen molar-refractivity contribution in [1.82, 2.24) is 5.32 Å². The maximum absolute atomic E-state index is 13.6. The lowest BCUT2D eigenvalue weighted by Crippen LogP contribution is -2.41. The van der Waals surface area contributed by atoms with E-state index in [-0.39, 0.29) is 5.75 Å². The van der Waals surface area contributed by atoms with Crippen LogP contribution in [0.5, 0.6) is 0 Å². The minimum atomic E-state index is -1.36. The first kappa shape index (κ1) is 16.8. The number of carbonyl (C=O) groups is 2. The van der Waals surface area contributed by atoms with E-state index < -0.39 is 45.1 Å². The quantitative estimate of drug-likeness (QED) is 0.467. The fourth-order valence-corrected chi connectivity index (χ4v) is 2.33. The van der Waals surface area contributed by atoms with E-state index in [4.69, 9.17) is 5.11 Å². The highest BCUT2D eigenvalue weighted by molar-refractivity contribution is 7.99. The summed E-state index contributed by atoms with van der Waals surface area (Å²) in [5.41, 5.74) is -0.744. The van der Waals surface area contributed by atoms with Gasteiger partial charge in [-0.2, -0.15) is 0 Å². The lowest BCUT2D eigenvalue weighted by molar-refractivity contribution is -0.385. The van der Waals surface area contributed by atoms with E-state index in [1.165, 1.54) is 0 Å². The number of carboxylic acid groups (broad SMARTS) is 1. The second-order valence-corrected chi connectivity index (χ2v) is 4.93. The summed E-state index contributed by atoms with van der Waals surface area (Å²) in [7, 11) is 0. The number of hydrogen-bond donors (Lipinski definition) is 2. The van der Waals surface area contributed by atoms with Crippen LogP contribution in [-0.2, 0) is 9.59 Å². The molecule has 0 aliphatic heterocycles. The Bertz CT molecular complexity index is 573. The minimum absolute atomic E-state index is 0.333. The Morgan fingerprint density at radius 1 is 1.43 bits per heavy atom. The summed E-state index contributed by atoms with van der Waals surface area (Å²) in [5.74, 6) is -4.63. The van der Waals surface area contributed by atoms with Crippen molar-refractivity contribution in [3.8, 4) is 0 Å². The van der Waals surface area contributed by atoms with Crippen molar-refractivity contribution in [2.45, 2.75) is 17.9 Å². The molecule has 7 nitrogen and oxygen atoms in total. The zero-order chi connectivity index (χ0) is 16.2. The van der Waals surface area contributed by atoms with Crippen LogP contribution in [0.15, 0.2) is 17.0 Å². The van der Waals surface area contributed by atoms with Crippen molar-refractivity contribution in [1.29, 1.82) is 0 Å². The standard InChI is InChI=1S/C11H10F2N2O5S/c1-5(16)14-9(11(17)18)4-21-10-7(12)2-6(15(19)20)3-8(10)13/h2-3,9H,4H2,1H3,(H,14,16)(H,17,18)/t9-/m0/s1. The SMILES string of the molecule is CC(=O)N[C@@H](CSc1c(F)cc([N+](=O)[O-])cc1F)C(=O)O. The van der Waals surface area contributed by atoms with Crippen LogP contribution in [0.1, 0.15) is 6.92 Å². The number of nitrogens with zero attached hydrogens (tertiary/aromatic N) is 1. The molecule has 0 aliphatic carbocycles. The average Bonchev–Trinajstić information content (AvgIpc) is 2.35. The summed E-state index contributed by atoms with van der Waals surface area (Å²) in [6, 6.07) is -0.249. The van der Waals surface area contributed by atoms with Crippen molar-refractivity contribution in [2.24, 2.45) is 0 Å². The summed E-state index contributed by atoms with van der Waals surface area (Å²) in [5, 5.41) is 21.4. The monoisotopic (exact) mass is 320 g/mol. The Hall–Kier alpha value is -2.23. The van der Waals surface area contributed by atoms with Gasteiger partial charge in [0.15, 0.2) is 0 Å². The Morgan fingerprint density at radius 2 is 1.95 bits per heavy atom. The molecule has 21 heavy (non-hydrogen) atoms. The van der Waals surface area contributed by atoms with Crippen molar-refractivity contribution < 1.29 is 28.4 Å². The lowest BCUT2D eigenvalue weighted by atomic mass is 10.3. The van der Waals surface area contributed by atoms with Gasteiger partial charge in [-0.15, -0.1) is 11.8 Å². The first-order valence-corrected chi connectivity index (χ1v) is 6.47. The number of non-ortho nitro benzene ring substituents is 1. The van der Waals surface area contributed by atoms with E-state index in [0.29, 0.717) is 23.9 Å². The Kier molecular flexibility index (Phi) is 5.59. The van der Waals surface area contributed by atoms with Crippen LogP contribution < -0.4 is 5.32 Å². The molecule has 0 bridgehead atoms. The van der Waals surface area contributed by atoms with Crippen molar-refractivity contribution >= 4 is 29.3 Å². The molecule has 10 heteroatoms. The summed E-state index contributed by atoms with van der Waals surface area (Å²) in [6.45, 7) is 1.10. The van der Waals surface area contributed by atoms with Crippen LogP contribution in [0.25, 0.3) is 0 Å². The number of halogens is 2. The van der Waals surface area contributed by atoms with Gasteiger partial charge in [0.25, 0.3) is 5.69 Å². The highest BCUT2D eigenvalue weighted by atomic mass is 32.2. The maximum Gasteiger partial charge on any atom is 0.327 e. The van der Waals surface area contributed by atoms with Gasteiger partial charge in [0.2, 0.25) is 5.91 Å². The van der Waals surface area contributed by atoms with Gasteiger partial charge < -0.3 is 10.4 Å². The van der Waals surface area contributed by atoms with Gasteiger partial charge >= 0.3 is 5.97 Å². The van der Waals surface area contributed by atoms with Gasteiger partial charge in [-0.05, 0) is 0 Å². The number of nitro benzene ring substituents is 1. The predicted molar refractivity (Wildman–Crippen MR) is 69.0 cm³/mol. The topological polar surface area (TPSA) is 110 Å². The fraction of sp³-hybridized carbons (Fsp3) is 0.273. The molecule has 0 fully saturated rings. The number of hydrogen-bond acceptors (Lipinski definition) is 5. The number of thioether (sulfide) groups is 1. The van der Waals surface area contributed by atoms with E-state index in [2.05, 4.69) is 5.32 Å². The van der Waals surface area contributed by atoms with Gasteiger partial charge in [0.1, 0.15) is 17.7 Å². The molecule has 0 radical (unpaired) electrons. The molecule has 0 spiro atoms. The number of amides is 1. The molecular formula is C11H10F2N2O5S. The summed E-state index contributed by atoms with van der Waals surface area (Å²) < 4.78 is 27.2. The second kappa shape index (κ2) is 6.97. The summed E-state index contributed by atoms with van der Waals surface area (Å²) in [6.07, 6.45) is 0. The molecule has 0 aromatic heterocycles. The van der Waals surface area contributed by atoms with Crippen molar-refractivity contribution in [3.63, 3.8) is 0 Å². The molecule has 0 aliphatic rings. The minimum Gasteiger partial charge on any atom is -0.480 e. The third-order valence-electron chi connectivity index (χ3n) is 2.26. The number of rotatable bonds is 6. The number of aliphatic carboxylic acids is 1. The van der Waals surface area contributed by atoms with E-state index >= 15 is 0 Å². The largest absolute Gasteiger partial charge is 0.480 e. The van der Waals surface area contributed by atoms with Gasteiger partial charge in [0, 0.05) is 12.7 Å². The van der Waals surface area contributed by atoms with Crippen LogP contribution in [0.2, 0.25) is 0 Å². The second-order valence-electron chi connectivity index (χ2n) is 3.90. The van der Waals surface area contributed by atoms with Crippen LogP contribution in [0.3, 0.4) is 0 Å². The van der Waals surface area contributed by atoms with Gasteiger partial charge in [-0.3, -0.25) is 14.9 Å². The number of carbonyl (C=O) groups excluding carboxylic acids is 1. The van der Waals surface area contributed by atoms with E-state index in [1.54, 1.807) is 0 Å². The molecule has 2 N–H and O–H groups in total. The molecule has 1 aromatic carbocycles. The van der Waals surface area contributed by atoms with E-state index in [1.807, 2.05) is 0 Å². The molecule has 0 unspecified atom stereocenters. The molecule has 1 aromatic rings. The number of nitrogens with one attached hydrogen (secondary N) is 1. The molecule has 0 saturated carbocycles. The molecule has 114 valence electrons. The zero-order valence-corrected chi connectivity index (χ0v) is 11.4. The zero-order valence-electron chi connectivity index (χ0n) is 10.6. The normalized spacial score (nSPS) is 11.8. The number of nitro groups is 1. The van der Waals surface area contributed by atoms with Gasteiger partial charge in [0.05, 0.1) is 22.0 Å². The third kappa shape index (κ3) is 4.67. The molecule has 1 amide bonds. The number of carboxylic acids is 1. The van der Waals surface area contributed by atoms with Crippen LogP contribution in [0.4, 0.5) is 14.5 Å². The molecule has 0 heterocycles. The number of benzene rings is 1. The predicted octanol–water partition coefficient (Wildman–Crippen LogP) is 1.55. The molecule has 1 atom stereocenters. The van der Waals surface area contributed by atoms with Crippen molar-refractivity contribution in [3.05, 3.63) is 33.9 Å². The maximum atomic E-state index is 13.6. The van der Waals surface area contributed by atoms with Gasteiger partial charge in [-0.25, -0.2) is 13.6 Å². The van der Waals surface area contributed by atoms with Crippen LogP contribution >= 0.6 is 11.8 Å². The lowest BCUT2D eigenvalue weighted by Gasteiger charge is -2.13. The van der Waals surface area contributed by atoms with Crippen molar-refractivity contribution in [2.75, 3.05) is 5.75 Å². The highest BCUT2D eigenvalue weighted by Gasteiger charge is 2.22. The Balaban J connectivity index is 2.90. The van der Waals surface area contributed by atoms with E-state index in [9.17, 15) is 28.5 Å². The Labute approximate surface area is 121 Å². The van der Waals surface area contributed by atoms with E-state index in [0.717, 1.165) is 6.92 Å². The molecule has 1 rings (SSSR count). The van der Waals surface area contributed by atoms with Gasteiger partial charge in [-0.1, -0.05) is 0 Å². The fourth-order valence-electron chi connectivity index (χ4n) is 1.38. The Morgan fingerprint density at radius 3 is 2.33 bits per heavy atom. The molecule has 0 saturated heterocycles. The highest BCUT2D eigenvalue weighted by Crippen LogP contribution is 2.29. The summed E-state index contributed by atoms with van der Waals surface area (Å²) >= 11 is 0.504. The molecular weight excluding hydrogens is 310 g/mol. The third-order valence-corrected chi connectivity index (χ3v) is 3.44.